The molecule has 13 heteroatoms. The number of aromatic amines is 1. The van der Waals surface area contributed by atoms with E-state index in [9.17, 15) is 35.3 Å². The van der Waals surface area contributed by atoms with Crippen LogP contribution >= 0.6 is 7.14 Å². The van der Waals surface area contributed by atoms with Crippen LogP contribution in [0.2, 0.25) is 0 Å². The van der Waals surface area contributed by atoms with Crippen molar-refractivity contribution in [2.24, 2.45) is 0 Å². The number of H-pyrrole nitrogens is 1. The van der Waals surface area contributed by atoms with E-state index in [4.69, 9.17) is 0 Å². The third-order valence-corrected chi connectivity index (χ3v) is 5.52. The SMILES string of the molecule is CP(C)(=O)c1c(F)ccc2c(-c3nc(OCC(F)(F)F)ncc3C(F)(F)F)c[nH]c12. The van der Waals surface area contributed by atoms with Crippen molar-refractivity contribution < 1.29 is 40.0 Å². The monoisotopic (exact) mass is 455 g/mol. The summed E-state index contributed by atoms with van der Waals surface area (Å²) in [5.74, 6) is -0.808. The van der Waals surface area contributed by atoms with Gasteiger partial charge >= 0.3 is 18.4 Å². The predicted molar refractivity (Wildman–Crippen MR) is 94.9 cm³/mol. The maximum atomic E-state index is 14.2. The molecule has 0 aliphatic rings. The molecule has 3 rings (SSSR count). The summed E-state index contributed by atoms with van der Waals surface area (Å²) in [7, 11) is -3.17. The van der Waals surface area contributed by atoms with Crippen LogP contribution in [-0.4, -0.2) is 41.1 Å². The Labute approximate surface area is 164 Å². The molecule has 0 amide bonds. The molecule has 0 spiro atoms. The number of hydrogen-bond donors (Lipinski definition) is 1. The van der Waals surface area contributed by atoms with Crippen molar-refractivity contribution in [3.05, 3.63) is 35.9 Å². The molecule has 0 aliphatic carbocycles. The molecule has 1 N–H and O–H groups in total. The molecule has 0 radical (unpaired) electrons. The third-order valence-electron chi connectivity index (χ3n) is 4.01. The second-order valence-electron chi connectivity index (χ2n) is 6.69. The number of halogens is 7. The number of nitrogens with one attached hydrogen (secondary N) is 1. The molecule has 0 aliphatic heterocycles. The minimum Gasteiger partial charge on any atom is -0.454 e. The van der Waals surface area contributed by atoms with Crippen LogP contribution in [0.25, 0.3) is 22.2 Å². The topological polar surface area (TPSA) is 67.9 Å². The smallest absolute Gasteiger partial charge is 0.422 e. The molecule has 1 aromatic carbocycles. The minimum absolute atomic E-state index is 0.00262. The Hall–Kier alpha value is -2.62. The highest BCUT2D eigenvalue weighted by molar-refractivity contribution is 7.70. The lowest BCUT2D eigenvalue weighted by molar-refractivity contribution is -0.155. The quantitative estimate of drug-likeness (QED) is 0.446. The Morgan fingerprint density at radius 3 is 2.37 bits per heavy atom. The van der Waals surface area contributed by atoms with Gasteiger partial charge in [0.15, 0.2) is 6.61 Å². The van der Waals surface area contributed by atoms with Gasteiger partial charge in [0.1, 0.15) is 18.5 Å². The van der Waals surface area contributed by atoms with Crippen molar-refractivity contribution in [3.8, 4) is 17.3 Å². The van der Waals surface area contributed by atoms with E-state index in [1.165, 1.54) is 13.3 Å². The number of alkyl halides is 6. The van der Waals surface area contributed by atoms with Gasteiger partial charge in [-0.15, -0.1) is 0 Å². The summed E-state index contributed by atoms with van der Waals surface area (Å²) in [6, 6.07) is 1.20. The van der Waals surface area contributed by atoms with E-state index >= 15 is 0 Å². The average molecular weight is 455 g/mol. The van der Waals surface area contributed by atoms with Crippen LogP contribution in [0.5, 0.6) is 6.01 Å². The van der Waals surface area contributed by atoms with Gasteiger partial charge in [-0.2, -0.15) is 31.3 Å². The van der Waals surface area contributed by atoms with Crippen molar-refractivity contribution in [2.45, 2.75) is 12.4 Å². The summed E-state index contributed by atoms with van der Waals surface area (Å²) in [6.07, 6.45) is -8.30. The number of ether oxygens (including phenoxy) is 1. The van der Waals surface area contributed by atoms with Crippen molar-refractivity contribution in [3.63, 3.8) is 0 Å². The van der Waals surface area contributed by atoms with Gasteiger partial charge in [0.25, 0.3) is 0 Å². The zero-order chi connectivity index (χ0) is 22.5. The van der Waals surface area contributed by atoms with E-state index in [1.807, 2.05) is 0 Å². The van der Waals surface area contributed by atoms with Crippen LogP contribution in [0.1, 0.15) is 5.56 Å². The lowest BCUT2D eigenvalue weighted by atomic mass is 10.1. The van der Waals surface area contributed by atoms with Crippen LogP contribution in [0.15, 0.2) is 24.5 Å². The maximum Gasteiger partial charge on any atom is 0.422 e. The van der Waals surface area contributed by atoms with Gasteiger partial charge in [0.05, 0.1) is 16.5 Å². The van der Waals surface area contributed by atoms with Gasteiger partial charge in [-0.1, -0.05) is 0 Å². The fraction of sp³-hybridized carbons (Fsp3) is 0.294. The minimum atomic E-state index is -4.94. The average Bonchev–Trinajstić information content (AvgIpc) is 3.00. The number of benzene rings is 1. The number of aromatic nitrogens is 3. The fourth-order valence-electron chi connectivity index (χ4n) is 2.88. The van der Waals surface area contributed by atoms with Crippen LogP contribution in [0.4, 0.5) is 30.7 Å². The second-order valence-corrected chi connectivity index (χ2v) is 9.84. The van der Waals surface area contributed by atoms with Gasteiger partial charge in [-0.05, 0) is 25.5 Å². The van der Waals surface area contributed by atoms with Crippen LogP contribution in [0, 0.1) is 5.82 Å². The van der Waals surface area contributed by atoms with Crippen LogP contribution < -0.4 is 10.0 Å². The molecule has 0 saturated carbocycles. The summed E-state index contributed by atoms with van der Waals surface area (Å²) < 4.78 is 109. The van der Waals surface area contributed by atoms with Crippen molar-refractivity contribution >= 4 is 23.3 Å². The summed E-state index contributed by atoms with van der Waals surface area (Å²) in [5.41, 5.74) is -2.28. The lowest BCUT2D eigenvalue weighted by Gasteiger charge is -2.14. The van der Waals surface area contributed by atoms with Gasteiger partial charge < -0.3 is 14.3 Å². The number of fused-ring (bicyclic) bond motifs is 1. The summed E-state index contributed by atoms with van der Waals surface area (Å²) in [6.45, 7) is 0.788. The number of nitrogens with zero attached hydrogens (tertiary/aromatic N) is 2. The fourth-order valence-corrected chi connectivity index (χ4v) is 4.19. The number of hydrogen-bond acceptors (Lipinski definition) is 4. The summed E-state index contributed by atoms with van der Waals surface area (Å²) >= 11 is 0. The van der Waals surface area contributed by atoms with Gasteiger partial charge in [0.2, 0.25) is 0 Å². The largest absolute Gasteiger partial charge is 0.454 e. The normalized spacial score (nSPS) is 13.1. The van der Waals surface area contributed by atoms with E-state index in [0.29, 0.717) is 6.20 Å². The zero-order valence-corrected chi connectivity index (χ0v) is 16.2. The Morgan fingerprint density at radius 1 is 1.13 bits per heavy atom. The first-order chi connectivity index (χ1) is 13.7. The summed E-state index contributed by atoms with van der Waals surface area (Å²) in [5, 5.41) is -0.135. The molecule has 2 heterocycles. The van der Waals surface area contributed by atoms with Crippen molar-refractivity contribution in [1.29, 1.82) is 0 Å². The lowest BCUT2D eigenvalue weighted by Crippen LogP contribution is -2.20. The van der Waals surface area contributed by atoms with Crippen molar-refractivity contribution in [1.82, 2.24) is 15.0 Å². The third kappa shape index (κ3) is 4.43. The molecular weight excluding hydrogens is 442 g/mol. The summed E-state index contributed by atoms with van der Waals surface area (Å²) in [4.78, 5) is 9.31. The molecule has 0 fully saturated rings. The highest BCUT2D eigenvalue weighted by Gasteiger charge is 2.37. The van der Waals surface area contributed by atoms with E-state index in [2.05, 4.69) is 19.7 Å². The highest BCUT2D eigenvalue weighted by Crippen LogP contribution is 2.42. The van der Waals surface area contributed by atoms with E-state index in [1.54, 1.807) is 0 Å². The molecule has 0 atom stereocenters. The molecule has 162 valence electrons. The molecule has 30 heavy (non-hydrogen) atoms. The Bertz CT molecular complexity index is 1150. The Kier molecular flexibility index (Phi) is 5.34. The molecule has 3 aromatic rings. The first-order valence-electron chi connectivity index (χ1n) is 8.18. The standard InChI is InChI=1S/C17H13F7N3O2P/c1-30(2,28)14-11(18)4-3-8-9(5-25-13(8)14)12-10(17(22,23)24)6-26-15(27-12)29-7-16(19,20)21/h3-6,25H,7H2,1-2H3. The zero-order valence-electron chi connectivity index (χ0n) is 15.3. The van der Waals surface area contributed by atoms with Crippen LogP contribution in [-0.2, 0) is 10.7 Å². The molecule has 5 nitrogen and oxygen atoms in total. The highest BCUT2D eigenvalue weighted by atomic mass is 31.2. The van der Waals surface area contributed by atoms with Crippen LogP contribution in [0.3, 0.4) is 0 Å². The van der Waals surface area contributed by atoms with E-state index in [-0.39, 0.29) is 21.8 Å². The predicted octanol–water partition coefficient (Wildman–Crippen LogP) is 4.97. The molecular formula is C17H13F7N3O2P. The van der Waals surface area contributed by atoms with E-state index in [0.717, 1.165) is 18.3 Å². The molecule has 0 saturated heterocycles. The van der Waals surface area contributed by atoms with E-state index < -0.39 is 49.2 Å². The number of rotatable bonds is 4. The Morgan fingerprint density at radius 2 is 1.80 bits per heavy atom. The van der Waals surface area contributed by atoms with Gasteiger partial charge in [-0.3, -0.25) is 0 Å². The van der Waals surface area contributed by atoms with Gasteiger partial charge in [-0.25, -0.2) is 9.37 Å². The van der Waals surface area contributed by atoms with Crippen molar-refractivity contribution in [2.75, 3.05) is 19.9 Å². The molecule has 2 aromatic heterocycles. The maximum absolute atomic E-state index is 14.2. The molecule has 0 bridgehead atoms. The second kappa shape index (κ2) is 7.26. The first-order valence-corrected chi connectivity index (χ1v) is 10.8. The first kappa shape index (κ1) is 22.1. The van der Waals surface area contributed by atoms with Gasteiger partial charge in [0, 0.05) is 23.3 Å². The Balaban J connectivity index is 2.23. The molecule has 0 unspecified atom stereocenters.